The molecule has 0 spiro atoms. The molecule has 0 aromatic rings. The molecule has 1 aliphatic heterocycles. The number of rotatable bonds is 5. The lowest BCUT2D eigenvalue weighted by atomic mass is 10.00. The summed E-state index contributed by atoms with van der Waals surface area (Å²) in [5.41, 5.74) is 1.46. The highest BCUT2D eigenvalue weighted by Gasteiger charge is 2.23. The predicted molar refractivity (Wildman–Crippen MR) is 58.7 cm³/mol. The first-order chi connectivity index (χ1) is 5.68. The Morgan fingerprint density at radius 1 is 1.58 bits per heavy atom. The molecule has 0 radical (unpaired) electrons. The summed E-state index contributed by atoms with van der Waals surface area (Å²) in [6, 6.07) is 0. The SMILES string of the molecule is CC(C)=CCCC(C)CC1CS1. The van der Waals surface area contributed by atoms with Crippen LogP contribution in [0, 0.1) is 5.92 Å². The monoisotopic (exact) mass is 184 g/mol. The second-order valence-corrected chi connectivity index (χ2v) is 5.49. The van der Waals surface area contributed by atoms with Crippen LogP contribution < -0.4 is 0 Å². The Labute approximate surface area is 80.8 Å². The van der Waals surface area contributed by atoms with Gasteiger partial charge in [-0.1, -0.05) is 18.6 Å². The van der Waals surface area contributed by atoms with Crippen molar-refractivity contribution in [2.75, 3.05) is 5.75 Å². The summed E-state index contributed by atoms with van der Waals surface area (Å²) in [5, 5.41) is 1.02. The fraction of sp³-hybridized carbons (Fsp3) is 0.818. The third-order valence-corrected chi connectivity index (χ3v) is 3.28. The minimum absolute atomic E-state index is 0.931. The Morgan fingerprint density at radius 2 is 2.25 bits per heavy atom. The lowest BCUT2D eigenvalue weighted by molar-refractivity contribution is 0.507. The Kier molecular flexibility index (Phi) is 4.20. The van der Waals surface area contributed by atoms with Gasteiger partial charge in [-0.2, -0.15) is 11.8 Å². The maximum atomic E-state index is 2.39. The maximum Gasteiger partial charge on any atom is 0.0141 e. The van der Waals surface area contributed by atoms with E-state index in [2.05, 4.69) is 38.6 Å². The molecule has 2 unspecified atom stereocenters. The first-order valence-electron chi connectivity index (χ1n) is 4.93. The van der Waals surface area contributed by atoms with Gasteiger partial charge in [0, 0.05) is 11.0 Å². The summed E-state index contributed by atoms with van der Waals surface area (Å²) in [5.74, 6) is 2.35. The van der Waals surface area contributed by atoms with Crippen molar-refractivity contribution in [2.24, 2.45) is 5.92 Å². The second kappa shape index (κ2) is 4.96. The van der Waals surface area contributed by atoms with Crippen LogP contribution in [-0.4, -0.2) is 11.0 Å². The van der Waals surface area contributed by atoms with E-state index < -0.39 is 0 Å². The van der Waals surface area contributed by atoms with E-state index in [1.165, 1.54) is 30.6 Å². The summed E-state index contributed by atoms with van der Waals surface area (Å²) in [4.78, 5) is 0. The molecule has 0 nitrogen and oxygen atoms in total. The molecule has 1 heterocycles. The quantitative estimate of drug-likeness (QED) is 0.461. The van der Waals surface area contributed by atoms with Crippen molar-refractivity contribution < 1.29 is 0 Å². The average molecular weight is 184 g/mol. The van der Waals surface area contributed by atoms with E-state index in [4.69, 9.17) is 0 Å². The topological polar surface area (TPSA) is 0 Å². The van der Waals surface area contributed by atoms with Crippen molar-refractivity contribution in [3.05, 3.63) is 11.6 Å². The van der Waals surface area contributed by atoms with Crippen LogP contribution in [0.3, 0.4) is 0 Å². The molecule has 0 aliphatic carbocycles. The van der Waals surface area contributed by atoms with Gasteiger partial charge in [-0.15, -0.1) is 0 Å². The van der Waals surface area contributed by atoms with Gasteiger partial charge in [0.1, 0.15) is 0 Å². The minimum atomic E-state index is 0.931. The zero-order chi connectivity index (χ0) is 8.97. The van der Waals surface area contributed by atoms with Crippen molar-refractivity contribution in [3.8, 4) is 0 Å². The van der Waals surface area contributed by atoms with Crippen molar-refractivity contribution >= 4 is 11.8 Å². The van der Waals surface area contributed by atoms with Crippen LogP contribution in [0.5, 0.6) is 0 Å². The molecule has 70 valence electrons. The Balaban J connectivity index is 2.00. The minimum Gasteiger partial charge on any atom is -0.157 e. The number of hydrogen-bond acceptors (Lipinski definition) is 1. The largest absolute Gasteiger partial charge is 0.157 e. The predicted octanol–water partition coefficient (Wildman–Crippen LogP) is 3.87. The Morgan fingerprint density at radius 3 is 2.75 bits per heavy atom. The summed E-state index contributed by atoms with van der Waals surface area (Å²) in [7, 11) is 0. The molecule has 1 aliphatic rings. The molecule has 12 heavy (non-hydrogen) atoms. The molecule has 0 N–H and O–H groups in total. The van der Waals surface area contributed by atoms with Crippen molar-refractivity contribution in [1.29, 1.82) is 0 Å². The molecule has 0 aromatic heterocycles. The second-order valence-electron chi connectivity index (χ2n) is 4.16. The van der Waals surface area contributed by atoms with Gasteiger partial charge < -0.3 is 0 Å². The fourth-order valence-corrected chi connectivity index (χ4v) is 2.16. The number of allylic oxidation sites excluding steroid dienone is 2. The molecular formula is C11H20S. The zero-order valence-electron chi connectivity index (χ0n) is 8.47. The molecule has 1 heteroatoms. The smallest absolute Gasteiger partial charge is 0.0141 e. The van der Waals surface area contributed by atoms with Crippen molar-refractivity contribution in [1.82, 2.24) is 0 Å². The lowest BCUT2D eigenvalue weighted by Gasteiger charge is -2.07. The molecule has 1 rings (SSSR count). The van der Waals surface area contributed by atoms with Gasteiger partial charge in [-0.3, -0.25) is 0 Å². The van der Waals surface area contributed by atoms with Crippen LogP contribution >= 0.6 is 11.8 Å². The molecule has 0 aromatic carbocycles. The van der Waals surface area contributed by atoms with Gasteiger partial charge in [0.25, 0.3) is 0 Å². The highest BCUT2D eigenvalue weighted by Crippen LogP contribution is 2.36. The van der Waals surface area contributed by atoms with Crippen LogP contribution in [0.25, 0.3) is 0 Å². The molecular weight excluding hydrogens is 164 g/mol. The molecule has 0 saturated carbocycles. The average Bonchev–Trinajstić information content (AvgIpc) is 2.70. The number of hydrogen-bond donors (Lipinski definition) is 0. The summed E-state index contributed by atoms with van der Waals surface area (Å²) < 4.78 is 0. The van der Waals surface area contributed by atoms with Gasteiger partial charge in [-0.25, -0.2) is 0 Å². The third kappa shape index (κ3) is 4.87. The first-order valence-corrected chi connectivity index (χ1v) is 5.98. The highest BCUT2D eigenvalue weighted by molar-refractivity contribution is 8.06. The van der Waals surface area contributed by atoms with Crippen molar-refractivity contribution in [2.45, 2.75) is 45.3 Å². The van der Waals surface area contributed by atoms with Crippen LogP contribution in [0.2, 0.25) is 0 Å². The van der Waals surface area contributed by atoms with Gasteiger partial charge in [-0.05, 0) is 39.0 Å². The standard InChI is InChI=1S/C11H20S/c1-9(2)5-4-6-10(3)7-11-8-12-11/h5,10-11H,4,6-8H2,1-3H3. The van der Waals surface area contributed by atoms with E-state index in [0.29, 0.717) is 0 Å². The van der Waals surface area contributed by atoms with Crippen LogP contribution in [0.15, 0.2) is 11.6 Å². The first kappa shape index (κ1) is 10.2. The third-order valence-electron chi connectivity index (χ3n) is 2.28. The summed E-state index contributed by atoms with van der Waals surface area (Å²) in [6.07, 6.45) is 6.46. The van der Waals surface area contributed by atoms with E-state index in [-0.39, 0.29) is 0 Å². The molecule has 2 atom stereocenters. The molecule has 0 bridgehead atoms. The summed E-state index contributed by atoms with van der Waals surface area (Å²) in [6.45, 7) is 6.75. The van der Waals surface area contributed by atoms with Crippen LogP contribution in [-0.2, 0) is 0 Å². The normalized spacial score (nSPS) is 23.4. The van der Waals surface area contributed by atoms with E-state index in [1.807, 2.05) is 0 Å². The Bertz CT molecular complexity index is 152. The van der Waals surface area contributed by atoms with E-state index in [9.17, 15) is 0 Å². The molecule has 1 fully saturated rings. The fourth-order valence-electron chi connectivity index (χ4n) is 1.43. The van der Waals surface area contributed by atoms with E-state index in [1.54, 1.807) is 0 Å². The summed E-state index contributed by atoms with van der Waals surface area (Å²) >= 11 is 2.12. The highest BCUT2D eigenvalue weighted by atomic mass is 32.2. The van der Waals surface area contributed by atoms with E-state index >= 15 is 0 Å². The zero-order valence-corrected chi connectivity index (χ0v) is 9.29. The van der Waals surface area contributed by atoms with Crippen LogP contribution in [0.1, 0.15) is 40.0 Å². The van der Waals surface area contributed by atoms with Gasteiger partial charge in [0.05, 0.1) is 0 Å². The maximum absolute atomic E-state index is 2.39. The molecule has 1 saturated heterocycles. The lowest BCUT2D eigenvalue weighted by Crippen LogP contribution is -1.97. The Hall–Kier alpha value is 0.0900. The van der Waals surface area contributed by atoms with E-state index in [0.717, 1.165) is 11.2 Å². The molecule has 0 amide bonds. The number of thioether (sulfide) groups is 1. The van der Waals surface area contributed by atoms with Gasteiger partial charge >= 0.3 is 0 Å². The van der Waals surface area contributed by atoms with Gasteiger partial charge in [0.15, 0.2) is 0 Å². The van der Waals surface area contributed by atoms with Crippen molar-refractivity contribution in [3.63, 3.8) is 0 Å². The van der Waals surface area contributed by atoms with Gasteiger partial charge in [0.2, 0.25) is 0 Å². The van der Waals surface area contributed by atoms with Crippen LogP contribution in [0.4, 0.5) is 0 Å².